The van der Waals surface area contributed by atoms with Gasteiger partial charge < -0.3 is 5.32 Å². The van der Waals surface area contributed by atoms with Crippen molar-refractivity contribution in [3.8, 4) is 0 Å². The van der Waals surface area contributed by atoms with Crippen molar-refractivity contribution in [2.24, 2.45) is 0 Å². The highest BCUT2D eigenvalue weighted by Gasteiger charge is 2.48. The van der Waals surface area contributed by atoms with Crippen LogP contribution in [0.1, 0.15) is 12.5 Å². The highest BCUT2D eigenvalue weighted by Crippen LogP contribution is 2.36. The maximum absolute atomic E-state index is 12.9. The molecule has 0 bridgehead atoms. The van der Waals surface area contributed by atoms with Crippen molar-refractivity contribution in [1.82, 2.24) is 5.32 Å². The summed E-state index contributed by atoms with van der Waals surface area (Å²) in [5.74, 6) is -0.380. The smallest absolute Gasteiger partial charge is 0.323 e. The molecular formula is C17H12BrCl3N2O2. The summed E-state index contributed by atoms with van der Waals surface area (Å²) in [4.78, 5) is 26.4. The van der Waals surface area contributed by atoms with Crippen LogP contribution in [0.3, 0.4) is 0 Å². The first kappa shape index (κ1) is 18.5. The average molecular weight is 463 g/mol. The second kappa shape index (κ2) is 6.80. The van der Waals surface area contributed by atoms with Crippen molar-refractivity contribution in [3.63, 3.8) is 0 Å². The molecule has 3 amide bonds. The maximum Gasteiger partial charge on any atom is 0.329 e. The monoisotopic (exact) mass is 460 g/mol. The minimum absolute atomic E-state index is 0.172. The van der Waals surface area contributed by atoms with Gasteiger partial charge in [0.2, 0.25) is 0 Å². The van der Waals surface area contributed by atoms with E-state index in [0.29, 0.717) is 6.42 Å². The number of urea groups is 1. The van der Waals surface area contributed by atoms with Crippen LogP contribution in [-0.2, 0) is 11.2 Å². The molecule has 0 aliphatic carbocycles. The molecule has 0 radical (unpaired) electrons. The Morgan fingerprint density at radius 1 is 1.08 bits per heavy atom. The topological polar surface area (TPSA) is 49.4 Å². The number of nitrogens with zero attached hydrogens (tertiary/aromatic N) is 1. The molecule has 0 aromatic heterocycles. The van der Waals surface area contributed by atoms with E-state index in [9.17, 15) is 9.59 Å². The lowest BCUT2D eigenvalue weighted by molar-refractivity contribution is -0.121. The number of nitrogens with one attached hydrogen (secondary N) is 1. The van der Waals surface area contributed by atoms with Gasteiger partial charge in [0.15, 0.2) is 0 Å². The van der Waals surface area contributed by atoms with Gasteiger partial charge in [-0.05, 0) is 36.8 Å². The van der Waals surface area contributed by atoms with Gasteiger partial charge in [-0.3, -0.25) is 4.79 Å². The number of hydrogen-bond donors (Lipinski definition) is 1. The van der Waals surface area contributed by atoms with E-state index in [4.69, 9.17) is 34.8 Å². The van der Waals surface area contributed by atoms with Crippen molar-refractivity contribution in [3.05, 3.63) is 61.5 Å². The van der Waals surface area contributed by atoms with Gasteiger partial charge in [-0.2, -0.15) is 0 Å². The van der Waals surface area contributed by atoms with Crippen LogP contribution in [-0.4, -0.2) is 17.5 Å². The molecule has 1 saturated heterocycles. The summed E-state index contributed by atoms with van der Waals surface area (Å²) < 4.78 is 0.940. The lowest BCUT2D eigenvalue weighted by Crippen LogP contribution is -2.46. The zero-order valence-electron chi connectivity index (χ0n) is 12.9. The Morgan fingerprint density at radius 3 is 2.20 bits per heavy atom. The first-order chi connectivity index (χ1) is 11.7. The highest BCUT2D eigenvalue weighted by atomic mass is 79.9. The molecule has 1 aliphatic rings. The summed E-state index contributed by atoms with van der Waals surface area (Å²) in [5.41, 5.74) is 0.138. The summed E-state index contributed by atoms with van der Waals surface area (Å²) in [6, 6.07) is 9.92. The quantitative estimate of drug-likeness (QED) is 0.486. The van der Waals surface area contributed by atoms with Gasteiger partial charge in [0.05, 0.1) is 20.8 Å². The summed E-state index contributed by atoms with van der Waals surface area (Å²) in [6.45, 7) is 1.69. The third-order valence-corrected chi connectivity index (χ3v) is 5.68. The normalized spacial score (nSPS) is 20.1. The van der Waals surface area contributed by atoms with Crippen molar-refractivity contribution < 1.29 is 9.59 Å². The largest absolute Gasteiger partial charge is 0.329 e. The Bertz CT molecular complexity index is 850. The summed E-state index contributed by atoms with van der Waals surface area (Å²) >= 11 is 21.3. The first-order valence-corrected chi connectivity index (χ1v) is 9.20. The molecule has 1 atom stereocenters. The number of hydrogen-bond acceptors (Lipinski definition) is 2. The number of carbonyl (C=O) groups excluding carboxylic acids is 2. The summed E-state index contributed by atoms with van der Waals surface area (Å²) in [5, 5.41) is 3.27. The van der Waals surface area contributed by atoms with Gasteiger partial charge >= 0.3 is 6.03 Å². The van der Waals surface area contributed by atoms with E-state index in [1.165, 1.54) is 12.1 Å². The molecule has 1 aliphatic heterocycles. The molecule has 130 valence electrons. The number of carbonyl (C=O) groups is 2. The molecular weight excluding hydrogens is 450 g/mol. The Morgan fingerprint density at radius 2 is 1.64 bits per heavy atom. The Kier molecular flexibility index (Phi) is 5.04. The maximum atomic E-state index is 12.9. The molecule has 2 aromatic carbocycles. The van der Waals surface area contributed by atoms with Crippen molar-refractivity contribution >= 4 is 68.4 Å². The molecule has 2 aromatic rings. The summed E-state index contributed by atoms with van der Waals surface area (Å²) in [6.07, 6.45) is 0.358. The van der Waals surface area contributed by atoms with Crippen LogP contribution in [0.5, 0.6) is 0 Å². The molecule has 4 nitrogen and oxygen atoms in total. The number of imide groups is 1. The van der Waals surface area contributed by atoms with E-state index in [1.807, 2.05) is 24.3 Å². The van der Waals surface area contributed by atoms with Crippen molar-refractivity contribution in [2.45, 2.75) is 18.9 Å². The van der Waals surface area contributed by atoms with E-state index < -0.39 is 11.6 Å². The van der Waals surface area contributed by atoms with Crippen molar-refractivity contribution in [1.29, 1.82) is 0 Å². The zero-order chi connectivity index (χ0) is 18.4. The SMILES string of the molecule is C[C@]1(Cc2ccc(Br)cc2)NC(=O)N(c2cc(Cl)c(Cl)c(Cl)c2)C1=O. The zero-order valence-corrected chi connectivity index (χ0v) is 16.8. The van der Waals surface area contributed by atoms with Gasteiger partial charge in [0.1, 0.15) is 5.54 Å². The fourth-order valence-electron chi connectivity index (χ4n) is 2.72. The fourth-order valence-corrected chi connectivity index (χ4v) is 3.57. The van der Waals surface area contributed by atoms with E-state index in [-0.39, 0.29) is 26.7 Å². The fraction of sp³-hybridized carbons (Fsp3) is 0.176. The van der Waals surface area contributed by atoms with Gasteiger partial charge in [0, 0.05) is 10.9 Å². The molecule has 0 saturated carbocycles. The van der Waals surface area contributed by atoms with Gasteiger partial charge in [0.25, 0.3) is 5.91 Å². The van der Waals surface area contributed by atoms with Gasteiger partial charge in [-0.25, -0.2) is 9.69 Å². The molecule has 1 fully saturated rings. The van der Waals surface area contributed by atoms with Crippen molar-refractivity contribution in [2.75, 3.05) is 4.90 Å². The number of benzene rings is 2. The van der Waals surface area contributed by atoms with Crippen LogP contribution in [0.2, 0.25) is 15.1 Å². The Hall–Kier alpha value is -1.27. The highest BCUT2D eigenvalue weighted by molar-refractivity contribution is 9.10. The van der Waals surface area contributed by atoms with Crippen LogP contribution >= 0.6 is 50.7 Å². The van der Waals surface area contributed by atoms with Gasteiger partial charge in [-0.1, -0.05) is 62.9 Å². The average Bonchev–Trinajstić information content (AvgIpc) is 2.76. The van der Waals surface area contributed by atoms with Crippen LogP contribution < -0.4 is 10.2 Å². The third kappa shape index (κ3) is 3.51. The Labute approximate surface area is 168 Å². The Balaban J connectivity index is 1.93. The molecule has 0 spiro atoms. The second-order valence-electron chi connectivity index (χ2n) is 5.93. The molecule has 1 heterocycles. The van der Waals surface area contributed by atoms with Gasteiger partial charge in [-0.15, -0.1) is 0 Å². The number of amides is 3. The lowest BCUT2D eigenvalue weighted by Gasteiger charge is -2.22. The number of rotatable bonds is 3. The number of halogens is 4. The molecule has 3 rings (SSSR count). The standard InChI is InChI=1S/C17H12BrCl3N2O2/c1-17(8-9-2-4-10(18)5-3-9)15(24)23(16(25)22-17)11-6-12(19)14(21)13(20)7-11/h2-7H,8H2,1H3,(H,22,25)/t17-/m1/s1. The van der Waals surface area contributed by atoms with Crippen LogP contribution in [0.4, 0.5) is 10.5 Å². The van der Waals surface area contributed by atoms with Crippen LogP contribution in [0, 0.1) is 0 Å². The number of anilines is 1. The first-order valence-electron chi connectivity index (χ1n) is 7.27. The van der Waals surface area contributed by atoms with E-state index in [2.05, 4.69) is 21.2 Å². The predicted octanol–water partition coefficient (Wildman–Crippen LogP) is 5.47. The predicted molar refractivity (Wildman–Crippen MR) is 104 cm³/mol. The molecule has 1 N–H and O–H groups in total. The van der Waals surface area contributed by atoms with E-state index in [1.54, 1.807) is 6.92 Å². The minimum atomic E-state index is -1.07. The minimum Gasteiger partial charge on any atom is -0.323 e. The lowest BCUT2D eigenvalue weighted by atomic mass is 9.93. The second-order valence-corrected chi connectivity index (χ2v) is 8.04. The van der Waals surface area contributed by atoms with Crippen LogP contribution in [0.15, 0.2) is 40.9 Å². The third-order valence-electron chi connectivity index (χ3n) is 3.96. The van der Waals surface area contributed by atoms with Crippen LogP contribution in [0.25, 0.3) is 0 Å². The molecule has 0 unspecified atom stereocenters. The summed E-state index contributed by atoms with van der Waals surface area (Å²) in [7, 11) is 0. The van der Waals surface area contributed by atoms with E-state index >= 15 is 0 Å². The molecule has 8 heteroatoms. The van der Waals surface area contributed by atoms with E-state index in [0.717, 1.165) is 14.9 Å². The molecule has 25 heavy (non-hydrogen) atoms.